The van der Waals surface area contributed by atoms with Crippen molar-refractivity contribution in [1.29, 1.82) is 0 Å². The van der Waals surface area contributed by atoms with Gasteiger partial charge in [0.25, 0.3) is 5.91 Å². The lowest BCUT2D eigenvalue weighted by molar-refractivity contribution is 0.0766. The molecule has 4 rings (SSSR count). The summed E-state index contributed by atoms with van der Waals surface area (Å²) in [7, 11) is 3.19. The van der Waals surface area contributed by atoms with Gasteiger partial charge in [-0.1, -0.05) is 36.8 Å². The molecule has 0 saturated carbocycles. The monoisotopic (exact) mass is 488 g/mol. The average molecular weight is 489 g/mol. The molecule has 3 aromatic rings. The fourth-order valence-electron chi connectivity index (χ4n) is 4.73. The highest BCUT2D eigenvalue weighted by molar-refractivity contribution is 5.95. The molecule has 0 atom stereocenters. The van der Waals surface area contributed by atoms with E-state index in [1.165, 1.54) is 16.7 Å². The van der Waals surface area contributed by atoms with Crippen molar-refractivity contribution in [1.82, 2.24) is 14.9 Å². The third-order valence-corrected chi connectivity index (χ3v) is 6.70. The van der Waals surface area contributed by atoms with E-state index in [2.05, 4.69) is 43.0 Å². The molecule has 0 radical (unpaired) electrons. The van der Waals surface area contributed by atoms with Crippen molar-refractivity contribution in [3.05, 3.63) is 76.2 Å². The van der Waals surface area contributed by atoms with Gasteiger partial charge < -0.3 is 19.3 Å². The standard InChI is InChI=1S/C29H36N4O3/c1-6-27-26(16-22-10-8-20(2)9-11-22)28(31-21(3)30-27)32-12-7-13-33(15-14-32)29(34)23-17-24(35-4)19-25(18-23)36-5/h8-11,17-19H,6-7,12-16H2,1-5H3. The average Bonchev–Trinajstić information content (AvgIpc) is 3.16. The predicted molar refractivity (Wildman–Crippen MR) is 142 cm³/mol. The van der Waals surface area contributed by atoms with Crippen LogP contribution < -0.4 is 14.4 Å². The second kappa shape index (κ2) is 11.4. The second-order valence-electron chi connectivity index (χ2n) is 9.27. The van der Waals surface area contributed by atoms with E-state index >= 15 is 0 Å². The number of rotatable bonds is 7. The lowest BCUT2D eigenvalue weighted by Crippen LogP contribution is -2.36. The third kappa shape index (κ3) is 5.78. The highest BCUT2D eigenvalue weighted by Crippen LogP contribution is 2.27. The van der Waals surface area contributed by atoms with Crippen molar-refractivity contribution in [2.75, 3.05) is 45.3 Å². The van der Waals surface area contributed by atoms with Gasteiger partial charge in [0.2, 0.25) is 0 Å². The molecule has 0 N–H and O–H groups in total. The van der Waals surface area contributed by atoms with E-state index in [0.29, 0.717) is 36.7 Å². The van der Waals surface area contributed by atoms with E-state index in [1.807, 2.05) is 11.8 Å². The molecule has 7 heteroatoms. The molecule has 1 aliphatic heterocycles. The van der Waals surface area contributed by atoms with E-state index in [0.717, 1.165) is 43.1 Å². The van der Waals surface area contributed by atoms with Gasteiger partial charge in [0.1, 0.15) is 23.1 Å². The smallest absolute Gasteiger partial charge is 0.254 e. The van der Waals surface area contributed by atoms with Crippen LogP contribution in [0.2, 0.25) is 0 Å². The molecule has 1 aliphatic rings. The van der Waals surface area contributed by atoms with Crippen LogP contribution in [-0.2, 0) is 12.8 Å². The maximum absolute atomic E-state index is 13.4. The number of amides is 1. The Bertz CT molecular complexity index is 1190. The lowest BCUT2D eigenvalue weighted by atomic mass is 10.0. The van der Waals surface area contributed by atoms with Crippen LogP contribution in [0.4, 0.5) is 5.82 Å². The second-order valence-corrected chi connectivity index (χ2v) is 9.27. The molecule has 1 fully saturated rings. The SMILES string of the molecule is CCc1nc(C)nc(N2CCCN(C(=O)c3cc(OC)cc(OC)c3)CC2)c1Cc1ccc(C)cc1. The van der Waals surface area contributed by atoms with Crippen LogP contribution in [0.5, 0.6) is 11.5 Å². The molecule has 36 heavy (non-hydrogen) atoms. The minimum Gasteiger partial charge on any atom is -0.497 e. The highest BCUT2D eigenvalue weighted by atomic mass is 16.5. The van der Waals surface area contributed by atoms with Gasteiger partial charge in [-0.2, -0.15) is 0 Å². The number of aromatic nitrogens is 2. The molecular weight excluding hydrogens is 452 g/mol. The zero-order valence-corrected chi connectivity index (χ0v) is 22.0. The topological polar surface area (TPSA) is 67.8 Å². The van der Waals surface area contributed by atoms with Gasteiger partial charge in [0, 0.05) is 55.5 Å². The molecule has 190 valence electrons. The van der Waals surface area contributed by atoms with Crippen LogP contribution in [0.3, 0.4) is 0 Å². The predicted octanol–water partition coefficient (Wildman–Crippen LogP) is 4.62. The van der Waals surface area contributed by atoms with Crippen LogP contribution in [0, 0.1) is 13.8 Å². The Labute approximate surface area is 214 Å². The maximum Gasteiger partial charge on any atom is 0.254 e. The Hall–Kier alpha value is -3.61. The third-order valence-electron chi connectivity index (χ3n) is 6.70. The summed E-state index contributed by atoms with van der Waals surface area (Å²) in [4.78, 5) is 27.3. The first-order valence-corrected chi connectivity index (χ1v) is 12.6. The molecule has 1 saturated heterocycles. The fourth-order valence-corrected chi connectivity index (χ4v) is 4.73. The minimum absolute atomic E-state index is 0.0120. The van der Waals surface area contributed by atoms with Crippen LogP contribution in [0.1, 0.15) is 51.9 Å². The summed E-state index contributed by atoms with van der Waals surface area (Å²) in [5, 5.41) is 0. The zero-order chi connectivity index (χ0) is 25.7. The van der Waals surface area contributed by atoms with Crippen LogP contribution >= 0.6 is 0 Å². The van der Waals surface area contributed by atoms with Crippen LogP contribution in [-0.4, -0.2) is 61.2 Å². The van der Waals surface area contributed by atoms with Gasteiger partial charge in [-0.15, -0.1) is 0 Å². The minimum atomic E-state index is -0.0120. The molecule has 7 nitrogen and oxygen atoms in total. The number of aryl methyl sites for hydroxylation is 3. The van der Waals surface area contributed by atoms with Crippen LogP contribution in [0.25, 0.3) is 0 Å². The van der Waals surface area contributed by atoms with Crippen molar-refractivity contribution < 1.29 is 14.3 Å². The van der Waals surface area contributed by atoms with Gasteiger partial charge in [0.15, 0.2) is 0 Å². The highest BCUT2D eigenvalue weighted by Gasteiger charge is 2.25. The van der Waals surface area contributed by atoms with Gasteiger partial charge in [-0.05, 0) is 44.4 Å². The summed E-state index contributed by atoms with van der Waals surface area (Å²) in [6, 6.07) is 14.0. The van der Waals surface area contributed by atoms with E-state index in [4.69, 9.17) is 19.4 Å². The molecule has 2 aromatic carbocycles. The number of anilines is 1. The molecule has 0 spiro atoms. The molecule has 0 aliphatic carbocycles. The van der Waals surface area contributed by atoms with Gasteiger partial charge in [0.05, 0.1) is 14.2 Å². The number of nitrogens with zero attached hydrogens (tertiary/aromatic N) is 4. The Morgan fingerprint density at radius 1 is 0.917 bits per heavy atom. The zero-order valence-electron chi connectivity index (χ0n) is 22.0. The Kier molecular flexibility index (Phi) is 8.08. The number of benzene rings is 2. The number of carbonyl (C=O) groups excluding carboxylic acids is 1. The van der Waals surface area contributed by atoms with E-state index in [1.54, 1.807) is 32.4 Å². The Balaban J connectivity index is 1.58. The Morgan fingerprint density at radius 2 is 1.61 bits per heavy atom. The summed E-state index contributed by atoms with van der Waals surface area (Å²) < 4.78 is 10.7. The number of carbonyl (C=O) groups is 1. The van der Waals surface area contributed by atoms with Gasteiger partial charge >= 0.3 is 0 Å². The largest absolute Gasteiger partial charge is 0.497 e. The molecular formula is C29H36N4O3. The molecule has 2 heterocycles. The van der Waals surface area contributed by atoms with Gasteiger partial charge in [-0.25, -0.2) is 9.97 Å². The number of ether oxygens (including phenoxy) is 2. The number of methoxy groups -OCH3 is 2. The fraction of sp³-hybridized carbons (Fsp3) is 0.414. The van der Waals surface area contributed by atoms with Crippen molar-refractivity contribution in [2.45, 2.75) is 40.0 Å². The molecule has 0 bridgehead atoms. The van der Waals surface area contributed by atoms with Crippen molar-refractivity contribution in [2.24, 2.45) is 0 Å². The summed E-state index contributed by atoms with van der Waals surface area (Å²) in [5.41, 5.74) is 5.36. The van der Waals surface area contributed by atoms with Crippen molar-refractivity contribution >= 4 is 11.7 Å². The lowest BCUT2D eigenvalue weighted by Gasteiger charge is -2.26. The molecule has 1 amide bonds. The normalized spacial score (nSPS) is 13.9. The summed E-state index contributed by atoms with van der Waals surface area (Å²) in [6.07, 6.45) is 2.51. The number of hydrogen-bond acceptors (Lipinski definition) is 6. The molecule has 0 unspecified atom stereocenters. The quantitative estimate of drug-likeness (QED) is 0.484. The van der Waals surface area contributed by atoms with E-state index in [-0.39, 0.29) is 5.91 Å². The van der Waals surface area contributed by atoms with Gasteiger partial charge in [-0.3, -0.25) is 4.79 Å². The van der Waals surface area contributed by atoms with E-state index in [9.17, 15) is 4.79 Å². The first-order chi connectivity index (χ1) is 17.4. The number of hydrogen-bond donors (Lipinski definition) is 0. The summed E-state index contributed by atoms with van der Waals surface area (Å²) >= 11 is 0. The van der Waals surface area contributed by atoms with E-state index < -0.39 is 0 Å². The summed E-state index contributed by atoms with van der Waals surface area (Å²) in [5.74, 6) is 2.99. The van der Waals surface area contributed by atoms with Crippen molar-refractivity contribution in [3.8, 4) is 11.5 Å². The first-order valence-electron chi connectivity index (χ1n) is 12.6. The summed E-state index contributed by atoms with van der Waals surface area (Å²) in [6.45, 7) is 9.07. The first kappa shape index (κ1) is 25.5. The molecule has 1 aromatic heterocycles. The van der Waals surface area contributed by atoms with Crippen molar-refractivity contribution in [3.63, 3.8) is 0 Å². The Morgan fingerprint density at radius 3 is 2.25 bits per heavy atom. The maximum atomic E-state index is 13.4. The van der Waals surface area contributed by atoms with Crippen LogP contribution in [0.15, 0.2) is 42.5 Å².